The molecule has 7 heteroatoms. The molecule has 3 saturated heterocycles. The summed E-state index contributed by atoms with van der Waals surface area (Å²) in [5.41, 5.74) is 1.64. The molecule has 0 aliphatic carbocycles. The molecule has 1 unspecified atom stereocenters. The van der Waals surface area contributed by atoms with Crippen LogP contribution in [0.1, 0.15) is 70.8 Å². The van der Waals surface area contributed by atoms with Gasteiger partial charge in [0.25, 0.3) is 5.91 Å². The van der Waals surface area contributed by atoms with E-state index in [0.29, 0.717) is 38.5 Å². The van der Waals surface area contributed by atoms with Crippen molar-refractivity contribution in [2.75, 3.05) is 44.3 Å². The molecule has 226 valence electrons. The van der Waals surface area contributed by atoms with Crippen molar-refractivity contribution in [3.8, 4) is 0 Å². The summed E-state index contributed by atoms with van der Waals surface area (Å²) in [5.74, 6) is 0.961. The molecule has 42 heavy (non-hydrogen) atoms. The number of amides is 3. The van der Waals surface area contributed by atoms with Crippen molar-refractivity contribution in [2.24, 2.45) is 11.8 Å². The highest BCUT2D eigenvalue weighted by Gasteiger charge is 2.54. The van der Waals surface area contributed by atoms with Crippen LogP contribution in [-0.4, -0.2) is 77.4 Å². The molecule has 1 spiro atoms. The third-order valence-corrected chi connectivity index (χ3v) is 9.89. The minimum Gasteiger partial charge on any atom is -0.342 e. The van der Waals surface area contributed by atoms with Crippen LogP contribution in [0.4, 0.5) is 5.69 Å². The van der Waals surface area contributed by atoms with Gasteiger partial charge in [0, 0.05) is 37.8 Å². The van der Waals surface area contributed by atoms with Crippen molar-refractivity contribution in [2.45, 2.75) is 77.2 Å². The zero-order valence-electron chi connectivity index (χ0n) is 25.5. The van der Waals surface area contributed by atoms with Gasteiger partial charge in [0.05, 0.1) is 6.67 Å². The summed E-state index contributed by atoms with van der Waals surface area (Å²) in [6, 6.07) is 20.7. The van der Waals surface area contributed by atoms with Crippen molar-refractivity contribution in [3.05, 3.63) is 66.2 Å². The van der Waals surface area contributed by atoms with Gasteiger partial charge in [0.15, 0.2) is 0 Å². The van der Waals surface area contributed by atoms with Crippen molar-refractivity contribution in [3.63, 3.8) is 0 Å². The lowest BCUT2D eigenvalue weighted by Gasteiger charge is -2.44. The lowest BCUT2D eigenvalue weighted by Crippen LogP contribution is -2.58. The molecule has 0 saturated carbocycles. The molecule has 3 aliphatic rings. The number of nitrogens with zero attached hydrogens (tertiary/aromatic N) is 4. The summed E-state index contributed by atoms with van der Waals surface area (Å²) in [6.07, 6.45) is 8.17. The normalized spacial score (nSPS) is 19.9. The van der Waals surface area contributed by atoms with Crippen LogP contribution in [-0.2, 0) is 20.8 Å². The first-order valence-electron chi connectivity index (χ1n) is 16.2. The first-order valence-corrected chi connectivity index (χ1v) is 16.2. The molecule has 3 fully saturated rings. The zero-order chi connectivity index (χ0) is 29.5. The number of piperidine rings is 2. The highest BCUT2D eigenvalue weighted by atomic mass is 16.2. The topological polar surface area (TPSA) is 64.2 Å². The number of rotatable bonds is 10. The van der Waals surface area contributed by atoms with E-state index in [2.05, 4.69) is 43.0 Å². The maximum Gasteiger partial charge on any atom is 0.250 e. The summed E-state index contributed by atoms with van der Waals surface area (Å²) in [7, 11) is 0. The standard InChI is InChI=1S/C35H48N4O3/c1-3-5-14-30(4-2)33(41)37-23-19-35(20-24-37)34(42)38(27-39(35)31-15-10-7-11-16-31)26-32(40)36-21-17-29(18-22-36)25-28-12-8-6-9-13-28/h6-13,15-16,29-30H,3-5,14,17-27H2,1-2H3. The molecule has 5 rings (SSSR count). The first-order chi connectivity index (χ1) is 20.4. The van der Waals surface area contributed by atoms with Gasteiger partial charge in [-0.3, -0.25) is 14.4 Å². The molecule has 0 N–H and O–H groups in total. The van der Waals surface area contributed by atoms with E-state index in [9.17, 15) is 14.4 Å². The molecule has 3 amide bonds. The van der Waals surface area contributed by atoms with E-state index in [1.54, 1.807) is 4.90 Å². The summed E-state index contributed by atoms with van der Waals surface area (Å²) in [6.45, 7) is 7.43. The maximum absolute atomic E-state index is 14.2. The first kappa shape index (κ1) is 30.1. The Labute approximate surface area is 251 Å². The van der Waals surface area contributed by atoms with Crippen LogP contribution < -0.4 is 4.90 Å². The Kier molecular flexibility index (Phi) is 9.86. The number of hydrogen-bond donors (Lipinski definition) is 0. The molecule has 7 nitrogen and oxygen atoms in total. The molecule has 3 aliphatic heterocycles. The number of hydrogen-bond acceptors (Lipinski definition) is 4. The molecule has 0 radical (unpaired) electrons. The third-order valence-electron chi connectivity index (χ3n) is 9.89. The molecular formula is C35H48N4O3. The van der Waals surface area contributed by atoms with Crippen LogP contribution in [0.2, 0.25) is 0 Å². The largest absolute Gasteiger partial charge is 0.342 e. The third kappa shape index (κ3) is 6.50. The number of unbranched alkanes of at least 4 members (excludes halogenated alkanes) is 1. The summed E-state index contributed by atoms with van der Waals surface area (Å²) in [5, 5.41) is 0. The SMILES string of the molecule is CCCCC(CC)C(=O)N1CCC2(CC1)C(=O)N(CC(=O)N1CCC(Cc3ccccc3)CC1)CN2c1ccccc1. The Morgan fingerprint density at radius 3 is 2.14 bits per heavy atom. The van der Waals surface area contributed by atoms with Crippen molar-refractivity contribution < 1.29 is 14.4 Å². The van der Waals surface area contributed by atoms with Gasteiger partial charge < -0.3 is 19.6 Å². The molecule has 3 heterocycles. The quantitative estimate of drug-likeness (QED) is 0.385. The summed E-state index contributed by atoms with van der Waals surface area (Å²) >= 11 is 0. The number of carbonyl (C=O) groups excluding carboxylic acids is 3. The number of anilines is 1. The fraction of sp³-hybridized carbons (Fsp3) is 0.571. The van der Waals surface area contributed by atoms with Crippen LogP contribution >= 0.6 is 0 Å². The Bertz CT molecular complexity index is 1190. The summed E-state index contributed by atoms with van der Waals surface area (Å²) < 4.78 is 0. The Balaban J connectivity index is 1.23. The van der Waals surface area contributed by atoms with Crippen molar-refractivity contribution in [1.82, 2.24) is 14.7 Å². The molecular weight excluding hydrogens is 524 g/mol. The Morgan fingerprint density at radius 1 is 0.881 bits per heavy atom. The Morgan fingerprint density at radius 2 is 1.52 bits per heavy atom. The van der Waals surface area contributed by atoms with E-state index in [1.165, 1.54) is 5.56 Å². The fourth-order valence-electron chi connectivity index (χ4n) is 7.23. The van der Waals surface area contributed by atoms with Gasteiger partial charge in [-0.2, -0.15) is 0 Å². The predicted molar refractivity (Wildman–Crippen MR) is 167 cm³/mol. The van der Waals surface area contributed by atoms with Crippen LogP contribution in [0.3, 0.4) is 0 Å². The van der Waals surface area contributed by atoms with Gasteiger partial charge in [0.1, 0.15) is 12.1 Å². The molecule has 0 aromatic heterocycles. The van der Waals surface area contributed by atoms with Gasteiger partial charge >= 0.3 is 0 Å². The number of benzene rings is 2. The highest BCUT2D eigenvalue weighted by molar-refractivity contribution is 5.96. The van der Waals surface area contributed by atoms with E-state index in [4.69, 9.17) is 0 Å². The smallest absolute Gasteiger partial charge is 0.250 e. The predicted octanol–water partition coefficient (Wildman–Crippen LogP) is 5.35. The molecule has 2 aromatic carbocycles. The molecule has 2 aromatic rings. The van der Waals surface area contributed by atoms with Crippen LogP contribution in [0.5, 0.6) is 0 Å². The van der Waals surface area contributed by atoms with E-state index in [0.717, 1.165) is 63.7 Å². The average Bonchev–Trinajstić information content (AvgIpc) is 3.29. The van der Waals surface area contributed by atoms with E-state index in [-0.39, 0.29) is 30.2 Å². The minimum atomic E-state index is -0.716. The zero-order valence-corrected chi connectivity index (χ0v) is 25.5. The van der Waals surface area contributed by atoms with Gasteiger partial charge in [-0.15, -0.1) is 0 Å². The van der Waals surface area contributed by atoms with Crippen molar-refractivity contribution >= 4 is 23.4 Å². The Hall–Kier alpha value is -3.35. The van der Waals surface area contributed by atoms with Gasteiger partial charge in [-0.05, 0) is 68.6 Å². The van der Waals surface area contributed by atoms with E-state index in [1.807, 2.05) is 46.2 Å². The number of carbonyl (C=O) groups is 3. The van der Waals surface area contributed by atoms with Crippen LogP contribution in [0, 0.1) is 11.8 Å². The van der Waals surface area contributed by atoms with Gasteiger partial charge in [-0.25, -0.2) is 0 Å². The van der Waals surface area contributed by atoms with Gasteiger partial charge in [0.2, 0.25) is 11.8 Å². The summed E-state index contributed by atoms with van der Waals surface area (Å²) in [4.78, 5) is 48.9. The molecule has 0 bridgehead atoms. The second kappa shape index (κ2) is 13.7. The van der Waals surface area contributed by atoms with E-state index < -0.39 is 5.54 Å². The second-order valence-electron chi connectivity index (χ2n) is 12.5. The van der Waals surface area contributed by atoms with Crippen LogP contribution in [0.15, 0.2) is 60.7 Å². The lowest BCUT2D eigenvalue weighted by atomic mass is 9.84. The maximum atomic E-state index is 14.2. The van der Waals surface area contributed by atoms with E-state index >= 15 is 0 Å². The lowest BCUT2D eigenvalue weighted by molar-refractivity contribution is -0.143. The fourth-order valence-corrected chi connectivity index (χ4v) is 7.23. The number of likely N-dealkylation sites (tertiary alicyclic amines) is 2. The number of para-hydroxylation sites is 1. The van der Waals surface area contributed by atoms with Crippen molar-refractivity contribution in [1.29, 1.82) is 0 Å². The molecule has 1 atom stereocenters. The monoisotopic (exact) mass is 572 g/mol. The van der Waals surface area contributed by atoms with Crippen LogP contribution in [0.25, 0.3) is 0 Å². The highest BCUT2D eigenvalue weighted by Crippen LogP contribution is 2.40. The average molecular weight is 573 g/mol. The van der Waals surface area contributed by atoms with Gasteiger partial charge in [-0.1, -0.05) is 75.2 Å². The second-order valence-corrected chi connectivity index (χ2v) is 12.5. The minimum absolute atomic E-state index is 0.0313.